The number of nitrogens with one attached hydrogen (secondary N) is 2. The number of H-pyrrole nitrogens is 1. The quantitative estimate of drug-likeness (QED) is 0.605. The highest BCUT2D eigenvalue weighted by Crippen LogP contribution is 2.06. The largest absolute Gasteiger partial charge is 0.444 e. The van der Waals surface area contributed by atoms with Crippen LogP contribution in [0.1, 0.15) is 32.9 Å². The van der Waals surface area contributed by atoms with Gasteiger partial charge >= 0.3 is 6.09 Å². The van der Waals surface area contributed by atoms with Crippen LogP contribution in [0.3, 0.4) is 0 Å². The molecule has 0 saturated heterocycles. The minimum atomic E-state index is -0.467. The van der Waals surface area contributed by atoms with Crippen molar-refractivity contribution in [1.82, 2.24) is 15.3 Å². The second kappa shape index (κ2) is 5.94. The van der Waals surface area contributed by atoms with Crippen LogP contribution in [-0.4, -0.2) is 28.2 Å². The van der Waals surface area contributed by atoms with E-state index in [1.54, 1.807) is 12.5 Å². The number of alkyl carbamates (subject to hydrolysis) is 1. The number of aromatic nitrogens is 2. The minimum Gasteiger partial charge on any atom is -0.444 e. The Hall–Kier alpha value is -1.96. The number of nitrogens with zero attached hydrogens (tertiary/aromatic N) is 1. The fourth-order valence-electron chi connectivity index (χ4n) is 1.02. The zero-order chi connectivity index (χ0) is 12.7. The minimum absolute atomic E-state index is 0.416. The van der Waals surface area contributed by atoms with E-state index in [2.05, 4.69) is 27.1 Å². The summed E-state index contributed by atoms with van der Waals surface area (Å²) in [6.45, 7) is 5.94. The topological polar surface area (TPSA) is 67.0 Å². The number of hydrogen-bond acceptors (Lipinski definition) is 3. The molecule has 1 aromatic rings. The molecule has 5 nitrogen and oxygen atoms in total. The summed E-state index contributed by atoms with van der Waals surface area (Å²) < 4.78 is 5.08. The number of rotatable bonds is 2. The third-order valence-electron chi connectivity index (χ3n) is 1.64. The lowest BCUT2D eigenvalue weighted by atomic mass is 10.2. The summed E-state index contributed by atoms with van der Waals surface area (Å²) in [5.41, 5.74) is 0.299. The number of carbonyl (C=O) groups excluding carboxylic acids is 1. The lowest BCUT2D eigenvalue weighted by Gasteiger charge is -2.19. The third-order valence-corrected chi connectivity index (χ3v) is 1.64. The van der Waals surface area contributed by atoms with Crippen molar-refractivity contribution in [3.05, 3.63) is 18.2 Å². The molecule has 0 saturated carbocycles. The van der Waals surface area contributed by atoms with Gasteiger partial charge in [0.2, 0.25) is 0 Å². The maximum atomic E-state index is 11.3. The summed E-state index contributed by atoms with van der Waals surface area (Å²) in [6, 6.07) is 0. The molecule has 1 aromatic heterocycles. The highest BCUT2D eigenvalue weighted by atomic mass is 16.6. The molecular formula is C12H17N3O2. The van der Waals surface area contributed by atoms with Crippen LogP contribution in [0, 0.1) is 11.8 Å². The first-order chi connectivity index (χ1) is 7.97. The highest BCUT2D eigenvalue weighted by molar-refractivity contribution is 5.67. The van der Waals surface area contributed by atoms with Gasteiger partial charge in [0.25, 0.3) is 0 Å². The summed E-state index contributed by atoms with van der Waals surface area (Å²) in [5.74, 6) is 5.80. The van der Waals surface area contributed by atoms with Crippen molar-refractivity contribution in [2.45, 2.75) is 32.8 Å². The molecule has 0 bridgehead atoms. The van der Waals surface area contributed by atoms with Gasteiger partial charge in [-0.15, -0.1) is 0 Å². The Kier molecular flexibility index (Phi) is 4.58. The lowest BCUT2D eigenvalue weighted by Crippen LogP contribution is -2.32. The standard InChI is InChI=1S/C12H17N3O2/c1-12(2,3)17-11(16)14-7-5-4-6-10-8-13-9-15-10/h8-9H,5,7H2,1-3H3,(H,13,15)(H,14,16). The van der Waals surface area contributed by atoms with Crippen molar-refractivity contribution < 1.29 is 9.53 Å². The molecule has 0 aliphatic rings. The van der Waals surface area contributed by atoms with E-state index in [-0.39, 0.29) is 0 Å². The number of imidazole rings is 1. The predicted octanol–water partition coefficient (Wildman–Crippen LogP) is 1.68. The van der Waals surface area contributed by atoms with Crippen LogP contribution >= 0.6 is 0 Å². The maximum absolute atomic E-state index is 11.3. The van der Waals surface area contributed by atoms with Gasteiger partial charge in [-0.2, -0.15) is 0 Å². The predicted molar refractivity (Wildman–Crippen MR) is 64.3 cm³/mol. The number of ether oxygens (including phenoxy) is 1. The van der Waals surface area contributed by atoms with E-state index in [1.807, 2.05) is 20.8 Å². The molecule has 17 heavy (non-hydrogen) atoms. The molecule has 0 aliphatic carbocycles. The molecular weight excluding hydrogens is 218 g/mol. The van der Waals surface area contributed by atoms with Crippen LogP contribution in [0.15, 0.2) is 12.5 Å². The van der Waals surface area contributed by atoms with Crippen molar-refractivity contribution in [3.63, 3.8) is 0 Å². The van der Waals surface area contributed by atoms with E-state index in [1.165, 1.54) is 0 Å². The van der Waals surface area contributed by atoms with Gasteiger partial charge in [-0.25, -0.2) is 9.78 Å². The van der Waals surface area contributed by atoms with Crippen LogP contribution < -0.4 is 5.32 Å². The molecule has 92 valence electrons. The van der Waals surface area contributed by atoms with Gasteiger partial charge in [0.15, 0.2) is 0 Å². The van der Waals surface area contributed by atoms with Gasteiger partial charge in [0.1, 0.15) is 11.3 Å². The molecule has 5 heteroatoms. The molecule has 0 unspecified atom stereocenters. The first kappa shape index (κ1) is 13.1. The average Bonchev–Trinajstić information content (AvgIpc) is 2.67. The van der Waals surface area contributed by atoms with Gasteiger partial charge in [-0.3, -0.25) is 0 Å². The van der Waals surface area contributed by atoms with Gasteiger partial charge < -0.3 is 15.0 Å². The summed E-state index contributed by atoms with van der Waals surface area (Å²) in [7, 11) is 0. The summed E-state index contributed by atoms with van der Waals surface area (Å²) in [4.78, 5) is 18.0. The zero-order valence-electron chi connectivity index (χ0n) is 10.3. The number of aromatic amines is 1. The third kappa shape index (κ3) is 6.25. The second-order valence-corrected chi connectivity index (χ2v) is 4.45. The monoisotopic (exact) mass is 235 g/mol. The number of carbonyl (C=O) groups is 1. The number of hydrogen-bond donors (Lipinski definition) is 2. The fourth-order valence-corrected chi connectivity index (χ4v) is 1.02. The first-order valence-corrected chi connectivity index (χ1v) is 5.41. The molecule has 1 heterocycles. The molecule has 0 aliphatic heterocycles. The van der Waals surface area contributed by atoms with Crippen LogP contribution in [0.5, 0.6) is 0 Å². The summed E-state index contributed by atoms with van der Waals surface area (Å²) in [5, 5.41) is 2.63. The Morgan fingerprint density at radius 2 is 2.35 bits per heavy atom. The molecule has 0 spiro atoms. The lowest BCUT2D eigenvalue weighted by molar-refractivity contribution is 0.0529. The Morgan fingerprint density at radius 3 is 2.94 bits per heavy atom. The summed E-state index contributed by atoms with van der Waals surface area (Å²) in [6.07, 6.45) is 3.37. The first-order valence-electron chi connectivity index (χ1n) is 5.41. The second-order valence-electron chi connectivity index (χ2n) is 4.45. The SMILES string of the molecule is CC(C)(C)OC(=O)NCCC#Cc1cnc[nH]1. The van der Waals surface area contributed by atoms with Gasteiger partial charge in [-0.1, -0.05) is 5.92 Å². The average molecular weight is 235 g/mol. The smallest absolute Gasteiger partial charge is 0.407 e. The fraction of sp³-hybridized carbons (Fsp3) is 0.500. The molecule has 0 atom stereocenters. The Balaban J connectivity index is 2.18. The van der Waals surface area contributed by atoms with Crippen LogP contribution in [0.25, 0.3) is 0 Å². The van der Waals surface area contributed by atoms with E-state index in [0.717, 1.165) is 5.69 Å². The molecule has 0 aromatic carbocycles. The van der Waals surface area contributed by atoms with Gasteiger partial charge in [-0.05, 0) is 26.7 Å². The van der Waals surface area contributed by atoms with E-state index < -0.39 is 11.7 Å². The van der Waals surface area contributed by atoms with Crippen LogP contribution in [0.2, 0.25) is 0 Å². The van der Waals surface area contributed by atoms with E-state index in [0.29, 0.717) is 13.0 Å². The Morgan fingerprint density at radius 1 is 1.59 bits per heavy atom. The normalized spacial score (nSPS) is 10.3. The van der Waals surface area contributed by atoms with Crippen molar-refractivity contribution in [2.24, 2.45) is 0 Å². The number of amides is 1. The molecule has 2 N–H and O–H groups in total. The molecule has 0 fully saturated rings. The van der Waals surface area contributed by atoms with Crippen LogP contribution in [-0.2, 0) is 4.74 Å². The van der Waals surface area contributed by atoms with E-state index >= 15 is 0 Å². The maximum Gasteiger partial charge on any atom is 0.407 e. The van der Waals surface area contributed by atoms with Crippen molar-refractivity contribution >= 4 is 6.09 Å². The highest BCUT2D eigenvalue weighted by Gasteiger charge is 2.15. The Labute approximate surface area is 101 Å². The molecule has 1 amide bonds. The van der Waals surface area contributed by atoms with E-state index in [4.69, 9.17) is 4.74 Å². The van der Waals surface area contributed by atoms with Gasteiger partial charge in [0, 0.05) is 13.0 Å². The molecule has 0 radical (unpaired) electrons. The summed E-state index contributed by atoms with van der Waals surface area (Å²) >= 11 is 0. The van der Waals surface area contributed by atoms with Crippen molar-refractivity contribution in [3.8, 4) is 11.8 Å². The Bertz CT molecular complexity index is 407. The van der Waals surface area contributed by atoms with E-state index in [9.17, 15) is 4.79 Å². The van der Waals surface area contributed by atoms with Crippen LogP contribution in [0.4, 0.5) is 4.79 Å². The van der Waals surface area contributed by atoms with Gasteiger partial charge in [0.05, 0.1) is 12.5 Å². The van der Waals surface area contributed by atoms with Crippen molar-refractivity contribution in [2.75, 3.05) is 6.54 Å². The zero-order valence-corrected chi connectivity index (χ0v) is 10.3. The molecule has 1 rings (SSSR count). The van der Waals surface area contributed by atoms with Crippen molar-refractivity contribution in [1.29, 1.82) is 0 Å².